The van der Waals surface area contributed by atoms with Gasteiger partial charge in [-0.1, -0.05) is 0 Å². The van der Waals surface area contributed by atoms with Crippen LogP contribution >= 0.6 is 0 Å². The first-order chi connectivity index (χ1) is 13.8. The standard InChI is InChI=1S/C23H29NO5/c1-13(2)27-10-6-9-24-22(25)8-7-17-15(4)19-11-18-14(3)16(5)28-20(18)12-21(19)29-23(17)26/h11-13H,6-10H2,1-5H3,(H,24,25). The van der Waals surface area contributed by atoms with E-state index >= 15 is 0 Å². The van der Waals surface area contributed by atoms with E-state index in [2.05, 4.69) is 5.32 Å². The van der Waals surface area contributed by atoms with Crippen LogP contribution in [-0.2, 0) is 16.0 Å². The normalized spacial score (nSPS) is 11.7. The van der Waals surface area contributed by atoms with Crippen LogP contribution in [0.1, 0.15) is 49.1 Å². The van der Waals surface area contributed by atoms with Crippen molar-refractivity contribution in [2.45, 2.75) is 60.0 Å². The van der Waals surface area contributed by atoms with Crippen LogP contribution < -0.4 is 10.9 Å². The van der Waals surface area contributed by atoms with Crippen molar-refractivity contribution < 1.29 is 18.4 Å². The minimum absolute atomic E-state index is 0.0785. The Morgan fingerprint density at radius 2 is 1.76 bits per heavy atom. The van der Waals surface area contributed by atoms with Crippen LogP contribution in [0, 0.1) is 20.8 Å². The van der Waals surface area contributed by atoms with Crippen molar-refractivity contribution in [3.63, 3.8) is 0 Å². The van der Waals surface area contributed by atoms with Crippen LogP contribution in [0.25, 0.3) is 21.9 Å². The molecule has 0 saturated carbocycles. The van der Waals surface area contributed by atoms with Gasteiger partial charge in [0.05, 0.1) is 6.10 Å². The number of ether oxygens (including phenoxy) is 1. The zero-order chi connectivity index (χ0) is 21.1. The van der Waals surface area contributed by atoms with Crippen LogP contribution in [-0.4, -0.2) is 25.2 Å². The molecular formula is C23H29NO5. The summed E-state index contributed by atoms with van der Waals surface area (Å²) in [6.45, 7) is 11.0. The smallest absolute Gasteiger partial charge is 0.339 e. The van der Waals surface area contributed by atoms with Gasteiger partial charge in [-0.15, -0.1) is 0 Å². The molecule has 29 heavy (non-hydrogen) atoms. The minimum Gasteiger partial charge on any atom is -0.461 e. The second-order valence-corrected chi connectivity index (χ2v) is 7.74. The molecule has 0 fully saturated rings. The Morgan fingerprint density at radius 1 is 1.07 bits per heavy atom. The second-order valence-electron chi connectivity index (χ2n) is 7.74. The predicted molar refractivity (Wildman–Crippen MR) is 114 cm³/mol. The number of aryl methyl sites for hydroxylation is 3. The van der Waals surface area contributed by atoms with Gasteiger partial charge in [0.15, 0.2) is 0 Å². The Balaban J connectivity index is 1.72. The third-order valence-electron chi connectivity index (χ3n) is 5.28. The van der Waals surface area contributed by atoms with Crippen molar-refractivity contribution in [1.82, 2.24) is 5.32 Å². The summed E-state index contributed by atoms with van der Waals surface area (Å²) in [5.41, 5.74) is 3.31. The van der Waals surface area contributed by atoms with Gasteiger partial charge in [0.1, 0.15) is 16.9 Å². The summed E-state index contributed by atoms with van der Waals surface area (Å²) in [6.07, 6.45) is 1.55. The van der Waals surface area contributed by atoms with Gasteiger partial charge < -0.3 is 18.9 Å². The molecule has 1 amide bonds. The van der Waals surface area contributed by atoms with Crippen LogP contribution in [0.4, 0.5) is 0 Å². The molecule has 1 N–H and O–H groups in total. The third kappa shape index (κ3) is 4.70. The molecular weight excluding hydrogens is 370 g/mol. The Bertz CT molecular complexity index is 1090. The van der Waals surface area contributed by atoms with E-state index < -0.39 is 5.63 Å². The van der Waals surface area contributed by atoms with E-state index in [1.54, 1.807) is 6.07 Å². The molecule has 0 spiro atoms. The molecule has 2 aromatic heterocycles. The lowest BCUT2D eigenvalue weighted by atomic mass is 10.0. The highest BCUT2D eigenvalue weighted by atomic mass is 16.5. The quantitative estimate of drug-likeness (QED) is 0.450. The fourth-order valence-corrected chi connectivity index (χ4v) is 3.46. The van der Waals surface area contributed by atoms with Crippen molar-refractivity contribution in [3.8, 4) is 0 Å². The summed E-state index contributed by atoms with van der Waals surface area (Å²) in [5, 5.41) is 4.76. The van der Waals surface area contributed by atoms with Crippen molar-refractivity contribution in [2.75, 3.05) is 13.2 Å². The maximum absolute atomic E-state index is 12.5. The van der Waals surface area contributed by atoms with Crippen LogP contribution in [0.5, 0.6) is 0 Å². The van der Waals surface area contributed by atoms with Gasteiger partial charge in [-0.2, -0.15) is 0 Å². The predicted octanol–water partition coefficient (Wildman–Crippen LogP) is 4.33. The second kappa shape index (κ2) is 8.82. The van der Waals surface area contributed by atoms with Crippen molar-refractivity contribution in [1.29, 1.82) is 0 Å². The Hall–Kier alpha value is -2.60. The van der Waals surface area contributed by atoms with E-state index in [1.807, 2.05) is 40.7 Å². The maximum Gasteiger partial charge on any atom is 0.339 e. The summed E-state index contributed by atoms with van der Waals surface area (Å²) in [6, 6.07) is 3.78. The largest absolute Gasteiger partial charge is 0.461 e. The zero-order valence-electron chi connectivity index (χ0n) is 17.8. The van der Waals surface area contributed by atoms with Gasteiger partial charge in [0.25, 0.3) is 0 Å². The molecule has 6 heteroatoms. The molecule has 0 radical (unpaired) electrons. The Morgan fingerprint density at radius 3 is 2.48 bits per heavy atom. The Kier molecular flexibility index (Phi) is 6.42. The lowest BCUT2D eigenvalue weighted by molar-refractivity contribution is -0.121. The molecule has 0 bridgehead atoms. The number of benzene rings is 1. The van der Waals surface area contributed by atoms with Gasteiger partial charge in [-0.25, -0.2) is 4.79 Å². The number of amides is 1. The van der Waals surface area contributed by atoms with Crippen LogP contribution in [0.3, 0.4) is 0 Å². The Labute approximate surface area is 170 Å². The van der Waals surface area contributed by atoms with Crippen molar-refractivity contribution in [3.05, 3.63) is 45.0 Å². The summed E-state index contributed by atoms with van der Waals surface area (Å²) in [5.74, 6) is 0.774. The van der Waals surface area contributed by atoms with Crippen LogP contribution in [0.15, 0.2) is 25.8 Å². The number of rotatable bonds is 8. The van der Waals surface area contributed by atoms with E-state index in [9.17, 15) is 9.59 Å². The highest BCUT2D eigenvalue weighted by Crippen LogP contribution is 2.31. The molecule has 0 unspecified atom stereocenters. The molecule has 0 aliphatic carbocycles. The minimum atomic E-state index is -0.396. The maximum atomic E-state index is 12.5. The zero-order valence-corrected chi connectivity index (χ0v) is 17.8. The molecule has 3 rings (SSSR count). The molecule has 1 aromatic carbocycles. The molecule has 0 aliphatic rings. The summed E-state index contributed by atoms with van der Waals surface area (Å²) >= 11 is 0. The summed E-state index contributed by atoms with van der Waals surface area (Å²) in [4.78, 5) is 24.6. The van der Waals surface area contributed by atoms with E-state index in [0.717, 1.165) is 34.1 Å². The van der Waals surface area contributed by atoms with Gasteiger partial charge in [0.2, 0.25) is 5.91 Å². The summed E-state index contributed by atoms with van der Waals surface area (Å²) < 4.78 is 16.7. The molecule has 3 aromatic rings. The number of fused-ring (bicyclic) bond motifs is 2. The molecule has 0 atom stereocenters. The van der Waals surface area contributed by atoms with Gasteiger partial charge >= 0.3 is 5.63 Å². The molecule has 0 saturated heterocycles. The van der Waals surface area contributed by atoms with E-state index in [4.69, 9.17) is 13.6 Å². The number of carbonyl (C=O) groups is 1. The van der Waals surface area contributed by atoms with Gasteiger partial charge in [0, 0.05) is 42.0 Å². The summed E-state index contributed by atoms with van der Waals surface area (Å²) in [7, 11) is 0. The first-order valence-corrected chi connectivity index (χ1v) is 10.1. The average molecular weight is 399 g/mol. The lowest BCUT2D eigenvalue weighted by Gasteiger charge is -2.09. The molecule has 156 valence electrons. The first-order valence-electron chi connectivity index (χ1n) is 10.1. The number of hydrogen-bond donors (Lipinski definition) is 1. The topological polar surface area (TPSA) is 81.7 Å². The number of nitrogens with one attached hydrogen (secondary N) is 1. The highest BCUT2D eigenvalue weighted by Gasteiger charge is 2.16. The third-order valence-corrected chi connectivity index (χ3v) is 5.28. The average Bonchev–Trinajstić information content (AvgIpc) is 2.93. The number of carbonyl (C=O) groups excluding carboxylic acids is 1. The van der Waals surface area contributed by atoms with Gasteiger partial charge in [-0.05, 0) is 64.7 Å². The number of furan rings is 1. The SMILES string of the molecule is Cc1oc2cc3oc(=O)c(CCC(=O)NCCCOC(C)C)c(C)c3cc2c1C. The van der Waals surface area contributed by atoms with E-state index in [-0.39, 0.29) is 18.4 Å². The van der Waals surface area contributed by atoms with E-state index in [1.165, 1.54) is 0 Å². The fourth-order valence-electron chi connectivity index (χ4n) is 3.46. The van der Waals surface area contributed by atoms with Crippen molar-refractivity contribution >= 4 is 27.8 Å². The first kappa shape index (κ1) is 21.1. The van der Waals surface area contributed by atoms with Crippen molar-refractivity contribution in [2.24, 2.45) is 0 Å². The molecule has 6 nitrogen and oxygen atoms in total. The van der Waals surface area contributed by atoms with E-state index in [0.29, 0.717) is 36.3 Å². The number of hydrogen-bond acceptors (Lipinski definition) is 5. The van der Waals surface area contributed by atoms with Gasteiger partial charge in [-0.3, -0.25) is 4.79 Å². The fraction of sp³-hybridized carbons (Fsp3) is 0.478. The monoisotopic (exact) mass is 399 g/mol. The molecule has 2 heterocycles. The highest BCUT2D eigenvalue weighted by molar-refractivity contribution is 5.96. The molecule has 0 aliphatic heterocycles. The van der Waals surface area contributed by atoms with Crippen LogP contribution in [0.2, 0.25) is 0 Å². The lowest BCUT2D eigenvalue weighted by Crippen LogP contribution is -2.26.